The third-order valence-electron chi connectivity index (χ3n) is 1.96. The van der Waals surface area contributed by atoms with Crippen LogP contribution in [0.5, 0.6) is 5.75 Å². The van der Waals surface area contributed by atoms with Gasteiger partial charge in [-0.2, -0.15) is 0 Å². The van der Waals surface area contributed by atoms with Gasteiger partial charge in [0.1, 0.15) is 5.75 Å². The highest BCUT2D eigenvalue weighted by Gasteiger charge is 1.98. The smallest absolute Gasteiger partial charge is 0.127 e. The minimum Gasteiger partial charge on any atom is -0.493 e. The molecule has 0 fully saturated rings. The van der Waals surface area contributed by atoms with Crippen molar-refractivity contribution in [1.29, 1.82) is 0 Å². The van der Waals surface area contributed by atoms with Crippen LogP contribution in [-0.4, -0.2) is 6.61 Å². The molecule has 0 unspecified atom stereocenters. The minimum absolute atomic E-state index is 0.696. The zero-order valence-electron chi connectivity index (χ0n) is 7.58. The first-order chi connectivity index (χ1) is 6.42. The van der Waals surface area contributed by atoms with Crippen molar-refractivity contribution >= 4 is 10.8 Å². The molecule has 0 bridgehead atoms. The fourth-order valence-electron chi connectivity index (χ4n) is 1.40. The number of fused-ring (bicyclic) bond motifs is 1. The largest absolute Gasteiger partial charge is 0.493 e. The van der Waals surface area contributed by atoms with E-state index in [0.717, 1.165) is 11.1 Å². The van der Waals surface area contributed by atoms with Gasteiger partial charge in [-0.05, 0) is 24.4 Å². The summed E-state index contributed by atoms with van der Waals surface area (Å²) in [4.78, 5) is 0. The van der Waals surface area contributed by atoms with Crippen LogP contribution in [0.25, 0.3) is 10.8 Å². The van der Waals surface area contributed by atoms with Gasteiger partial charge in [0.2, 0.25) is 0 Å². The van der Waals surface area contributed by atoms with Crippen LogP contribution in [0.2, 0.25) is 0 Å². The maximum absolute atomic E-state index is 5.49. The lowest BCUT2D eigenvalue weighted by Gasteiger charge is -2.05. The minimum atomic E-state index is 0.696. The van der Waals surface area contributed by atoms with Crippen LogP contribution < -0.4 is 4.74 Å². The Morgan fingerprint density at radius 3 is 2.92 bits per heavy atom. The number of benzene rings is 2. The number of ether oxygens (including phenoxy) is 1. The van der Waals surface area contributed by atoms with Crippen LogP contribution in [0.1, 0.15) is 6.92 Å². The van der Waals surface area contributed by atoms with Gasteiger partial charge in [-0.3, -0.25) is 0 Å². The maximum atomic E-state index is 5.49. The first-order valence-corrected chi connectivity index (χ1v) is 4.44. The molecule has 1 nitrogen and oxygen atoms in total. The fraction of sp³-hybridized carbons (Fsp3) is 0.167. The molecule has 0 aliphatic heterocycles. The van der Waals surface area contributed by atoms with Crippen molar-refractivity contribution in [2.75, 3.05) is 6.61 Å². The molecule has 2 rings (SSSR count). The summed E-state index contributed by atoms with van der Waals surface area (Å²) in [7, 11) is 0. The van der Waals surface area contributed by atoms with Gasteiger partial charge >= 0.3 is 0 Å². The normalized spacial score (nSPS) is 10.2. The predicted octanol–water partition coefficient (Wildman–Crippen LogP) is 3.04. The van der Waals surface area contributed by atoms with Gasteiger partial charge in [0, 0.05) is 5.39 Å². The van der Waals surface area contributed by atoms with E-state index in [0.29, 0.717) is 6.61 Å². The van der Waals surface area contributed by atoms with Crippen molar-refractivity contribution in [1.82, 2.24) is 0 Å². The Hall–Kier alpha value is -1.50. The Morgan fingerprint density at radius 2 is 2.08 bits per heavy atom. The van der Waals surface area contributed by atoms with E-state index in [1.807, 2.05) is 31.2 Å². The van der Waals surface area contributed by atoms with Gasteiger partial charge < -0.3 is 4.74 Å². The fourth-order valence-corrected chi connectivity index (χ4v) is 1.40. The highest BCUT2D eigenvalue weighted by Crippen LogP contribution is 2.24. The maximum Gasteiger partial charge on any atom is 0.127 e. The van der Waals surface area contributed by atoms with Crippen LogP contribution in [0, 0.1) is 6.07 Å². The molecule has 2 aromatic rings. The van der Waals surface area contributed by atoms with Crippen LogP contribution in [0.4, 0.5) is 0 Å². The summed E-state index contributed by atoms with van der Waals surface area (Å²) in [6, 6.07) is 15.2. The van der Waals surface area contributed by atoms with E-state index >= 15 is 0 Å². The Morgan fingerprint density at radius 1 is 1.23 bits per heavy atom. The summed E-state index contributed by atoms with van der Waals surface area (Å²) >= 11 is 0. The molecular weight excluding hydrogens is 160 g/mol. The SMILES string of the molecule is CCOc1cccc2ccc[c]c12. The summed E-state index contributed by atoms with van der Waals surface area (Å²) in [5.41, 5.74) is 0. The van der Waals surface area contributed by atoms with Crippen molar-refractivity contribution in [3.63, 3.8) is 0 Å². The molecule has 0 aliphatic rings. The number of hydrogen-bond donors (Lipinski definition) is 0. The van der Waals surface area contributed by atoms with E-state index in [4.69, 9.17) is 4.74 Å². The molecule has 0 saturated carbocycles. The van der Waals surface area contributed by atoms with E-state index in [2.05, 4.69) is 18.2 Å². The van der Waals surface area contributed by atoms with Crippen molar-refractivity contribution in [3.05, 3.63) is 42.5 Å². The molecule has 1 radical (unpaired) electrons. The van der Waals surface area contributed by atoms with Gasteiger partial charge in [0.05, 0.1) is 6.61 Å². The van der Waals surface area contributed by atoms with Crippen LogP contribution in [0.3, 0.4) is 0 Å². The lowest BCUT2D eigenvalue weighted by Crippen LogP contribution is -1.91. The van der Waals surface area contributed by atoms with E-state index in [9.17, 15) is 0 Å². The van der Waals surface area contributed by atoms with E-state index in [1.54, 1.807) is 0 Å². The highest BCUT2D eigenvalue weighted by molar-refractivity contribution is 5.87. The Bertz CT molecular complexity index is 401. The van der Waals surface area contributed by atoms with Crippen molar-refractivity contribution in [2.45, 2.75) is 6.92 Å². The third-order valence-corrected chi connectivity index (χ3v) is 1.96. The molecule has 1 heteroatoms. The molecule has 2 aromatic carbocycles. The lowest BCUT2D eigenvalue weighted by atomic mass is 10.1. The predicted molar refractivity (Wildman–Crippen MR) is 54.0 cm³/mol. The van der Waals surface area contributed by atoms with Gasteiger partial charge in [0.25, 0.3) is 0 Å². The van der Waals surface area contributed by atoms with Gasteiger partial charge in [-0.1, -0.05) is 30.3 Å². The average molecular weight is 171 g/mol. The number of hydrogen-bond acceptors (Lipinski definition) is 1. The first-order valence-electron chi connectivity index (χ1n) is 4.44. The summed E-state index contributed by atoms with van der Waals surface area (Å²) in [5.74, 6) is 0.917. The van der Waals surface area contributed by atoms with E-state index < -0.39 is 0 Å². The Labute approximate surface area is 78.0 Å². The monoisotopic (exact) mass is 171 g/mol. The third kappa shape index (κ3) is 1.50. The molecule has 0 heterocycles. The molecular formula is C12H11O. The molecule has 0 spiro atoms. The number of rotatable bonds is 2. The van der Waals surface area contributed by atoms with Crippen molar-refractivity contribution < 1.29 is 4.74 Å². The quantitative estimate of drug-likeness (QED) is 0.674. The molecule has 13 heavy (non-hydrogen) atoms. The van der Waals surface area contributed by atoms with E-state index in [-0.39, 0.29) is 0 Å². The zero-order valence-corrected chi connectivity index (χ0v) is 7.58. The summed E-state index contributed by atoms with van der Waals surface area (Å²) < 4.78 is 5.49. The zero-order chi connectivity index (χ0) is 9.10. The highest BCUT2D eigenvalue weighted by atomic mass is 16.5. The van der Waals surface area contributed by atoms with Crippen LogP contribution in [-0.2, 0) is 0 Å². The molecule has 0 aromatic heterocycles. The van der Waals surface area contributed by atoms with Crippen molar-refractivity contribution in [3.8, 4) is 5.75 Å². The molecule has 0 saturated heterocycles. The molecule has 65 valence electrons. The van der Waals surface area contributed by atoms with Crippen LogP contribution in [0.15, 0.2) is 36.4 Å². The summed E-state index contributed by atoms with van der Waals surface area (Å²) in [5, 5.41) is 2.24. The summed E-state index contributed by atoms with van der Waals surface area (Å²) in [6.07, 6.45) is 0. The van der Waals surface area contributed by atoms with Gasteiger partial charge in [-0.25, -0.2) is 0 Å². The van der Waals surface area contributed by atoms with Gasteiger partial charge in [0.15, 0.2) is 0 Å². The van der Waals surface area contributed by atoms with Gasteiger partial charge in [-0.15, -0.1) is 0 Å². The molecule has 0 amide bonds. The second kappa shape index (κ2) is 3.48. The second-order valence-electron chi connectivity index (χ2n) is 2.82. The van der Waals surface area contributed by atoms with E-state index in [1.165, 1.54) is 5.39 Å². The first kappa shape index (κ1) is 8.11. The summed E-state index contributed by atoms with van der Waals surface area (Å²) in [6.45, 7) is 2.68. The average Bonchev–Trinajstić information content (AvgIpc) is 2.19. The Kier molecular flexibility index (Phi) is 2.17. The van der Waals surface area contributed by atoms with Crippen molar-refractivity contribution in [2.24, 2.45) is 0 Å². The second-order valence-corrected chi connectivity index (χ2v) is 2.82. The van der Waals surface area contributed by atoms with Crippen LogP contribution >= 0.6 is 0 Å². The molecule has 0 aliphatic carbocycles. The topological polar surface area (TPSA) is 9.23 Å². The standard InChI is InChI=1S/C12H11O/c1-2-13-12-9-5-7-10-6-3-4-8-11(10)12/h3-7,9H,2H2,1H3. The molecule has 0 atom stereocenters. The molecule has 0 N–H and O–H groups in total. The lowest BCUT2D eigenvalue weighted by molar-refractivity contribution is 0.344. The Balaban J connectivity index is 2.61.